The van der Waals surface area contributed by atoms with E-state index >= 15 is 0 Å². The monoisotopic (exact) mass is 458 g/mol. The number of nitrogens with one attached hydrogen (secondary N) is 2. The van der Waals surface area contributed by atoms with E-state index in [9.17, 15) is 4.79 Å². The van der Waals surface area contributed by atoms with E-state index in [4.69, 9.17) is 21.1 Å². The molecular weight excluding hydrogens is 428 g/mol. The maximum absolute atomic E-state index is 12.3. The van der Waals surface area contributed by atoms with Crippen LogP contribution in [-0.2, 0) is 6.42 Å². The Morgan fingerprint density at radius 2 is 2.03 bits per heavy atom. The molecule has 0 aliphatic carbocycles. The number of halogens is 1. The van der Waals surface area contributed by atoms with Gasteiger partial charge in [-0.2, -0.15) is 0 Å². The molecular formula is C24H31ClN4O3. The van der Waals surface area contributed by atoms with Crippen molar-refractivity contribution in [2.75, 3.05) is 57.9 Å². The van der Waals surface area contributed by atoms with Gasteiger partial charge in [-0.1, -0.05) is 17.7 Å². The zero-order valence-electron chi connectivity index (χ0n) is 18.5. The minimum absolute atomic E-state index is 0.0471. The van der Waals surface area contributed by atoms with Gasteiger partial charge in [0.25, 0.3) is 0 Å². The summed E-state index contributed by atoms with van der Waals surface area (Å²) in [6.45, 7) is 6.11. The number of hydrogen-bond acceptors (Lipinski definition) is 5. The van der Waals surface area contributed by atoms with Crippen molar-refractivity contribution in [3.05, 3.63) is 53.1 Å². The molecule has 1 atom stereocenters. The average Bonchev–Trinajstić information content (AvgIpc) is 2.82. The topological polar surface area (TPSA) is 66.1 Å². The fraction of sp³-hybridized carbons (Fsp3) is 0.458. The Kier molecular flexibility index (Phi) is 7.60. The highest BCUT2D eigenvalue weighted by atomic mass is 35.5. The van der Waals surface area contributed by atoms with Crippen molar-refractivity contribution in [1.29, 1.82) is 0 Å². The molecule has 0 bridgehead atoms. The Hall–Kier alpha value is -2.64. The molecule has 8 heteroatoms. The van der Waals surface area contributed by atoms with Gasteiger partial charge in [-0.25, -0.2) is 4.79 Å². The van der Waals surface area contributed by atoms with Gasteiger partial charge < -0.3 is 25.0 Å². The van der Waals surface area contributed by atoms with Crippen molar-refractivity contribution in [3.63, 3.8) is 0 Å². The molecule has 2 amide bonds. The summed E-state index contributed by atoms with van der Waals surface area (Å²) in [7, 11) is 1.65. The SMILES string of the molecule is COc1ccc2c(c1)C[C@H](NC(=O)NCCCN1CCN(c3cccc(Cl)c3)CC1)CO2. The van der Waals surface area contributed by atoms with Crippen LogP contribution in [0.4, 0.5) is 10.5 Å². The lowest BCUT2D eigenvalue weighted by Gasteiger charge is -2.36. The molecule has 4 rings (SSSR count). The zero-order chi connectivity index (χ0) is 22.3. The van der Waals surface area contributed by atoms with Gasteiger partial charge in [0.1, 0.15) is 18.1 Å². The summed E-state index contributed by atoms with van der Waals surface area (Å²) < 4.78 is 11.1. The molecule has 0 saturated carbocycles. The number of anilines is 1. The Morgan fingerprint density at radius 3 is 2.81 bits per heavy atom. The lowest BCUT2D eigenvalue weighted by molar-refractivity contribution is 0.213. The minimum Gasteiger partial charge on any atom is -0.497 e. The van der Waals surface area contributed by atoms with Crippen LogP contribution in [0.5, 0.6) is 11.5 Å². The predicted octanol–water partition coefficient (Wildman–Crippen LogP) is 3.16. The summed E-state index contributed by atoms with van der Waals surface area (Å²) in [4.78, 5) is 17.1. The first kappa shape index (κ1) is 22.6. The summed E-state index contributed by atoms with van der Waals surface area (Å²) in [5, 5.41) is 6.77. The molecule has 2 N–H and O–H groups in total. The number of carbonyl (C=O) groups excluding carboxylic acids is 1. The molecule has 0 aromatic heterocycles. The molecule has 0 radical (unpaired) electrons. The number of methoxy groups -OCH3 is 1. The quantitative estimate of drug-likeness (QED) is 0.624. The number of nitrogens with zero attached hydrogens (tertiary/aromatic N) is 2. The van der Waals surface area contributed by atoms with Crippen LogP contribution >= 0.6 is 11.6 Å². The first-order valence-electron chi connectivity index (χ1n) is 11.2. The van der Waals surface area contributed by atoms with E-state index in [0.29, 0.717) is 13.2 Å². The lowest BCUT2D eigenvalue weighted by atomic mass is 10.0. The van der Waals surface area contributed by atoms with Crippen LogP contribution in [0.15, 0.2) is 42.5 Å². The molecule has 2 aromatic rings. The number of fused-ring (bicyclic) bond motifs is 1. The number of amides is 2. The Balaban J connectivity index is 1.12. The molecule has 1 saturated heterocycles. The summed E-state index contributed by atoms with van der Waals surface area (Å²) >= 11 is 6.11. The van der Waals surface area contributed by atoms with E-state index in [1.807, 2.05) is 36.4 Å². The van der Waals surface area contributed by atoms with E-state index in [-0.39, 0.29) is 12.1 Å². The van der Waals surface area contributed by atoms with Crippen molar-refractivity contribution in [2.45, 2.75) is 18.9 Å². The standard InChI is InChI=1S/C24H31ClN4O3/c1-31-22-6-7-23-18(15-22)14-20(17-32-23)27-24(30)26-8-3-9-28-10-12-29(13-11-28)21-5-2-4-19(25)16-21/h2,4-7,15-16,20H,3,8-14,17H2,1H3,(H2,26,27,30)/t20-/m0/s1. The number of urea groups is 1. The van der Waals surface area contributed by atoms with E-state index in [1.54, 1.807) is 7.11 Å². The highest BCUT2D eigenvalue weighted by Crippen LogP contribution is 2.28. The van der Waals surface area contributed by atoms with Crippen molar-refractivity contribution in [2.24, 2.45) is 0 Å². The fourth-order valence-electron chi connectivity index (χ4n) is 4.23. The maximum atomic E-state index is 12.3. The molecule has 1 fully saturated rings. The number of piperazine rings is 1. The number of hydrogen-bond donors (Lipinski definition) is 2. The molecule has 2 heterocycles. The fourth-order valence-corrected chi connectivity index (χ4v) is 4.42. The van der Waals surface area contributed by atoms with Gasteiger partial charge in [0.2, 0.25) is 0 Å². The molecule has 2 aliphatic rings. The second-order valence-electron chi connectivity index (χ2n) is 8.25. The predicted molar refractivity (Wildman–Crippen MR) is 127 cm³/mol. The van der Waals surface area contributed by atoms with Gasteiger partial charge in [-0.3, -0.25) is 4.90 Å². The summed E-state index contributed by atoms with van der Waals surface area (Å²) in [5.41, 5.74) is 2.24. The first-order chi connectivity index (χ1) is 15.6. The number of ether oxygens (including phenoxy) is 2. The highest BCUT2D eigenvalue weighted by Gasteiger charge is 2.22. The van der Waals surface area contributed by atoms with Crippen LogP contribution in [-0.4, -0.2) is 70.0 Å². The van der Waals surface area contributed by atoms with Gasteiger partial charge in [0, 0.05) is 43.4 Å². The van der Waals surface area contributed by atoms with Crippen molar-refractivity contribution >= 4 is 23.3 Å². The first-order valence-corrected chi connectivity index (χ1v) is 11.6. The van der Waals surface area contributed by atoms with Crippen molar-refractivity contribution in [1.82, 2.24) is 15.5 Å². The van der Waals surface area contributed by atoms with Crippen LogP contribution in [0, 0.1) is 0 Å². The molecule has 2 aliphatic heterocycles. The number of rotatable bonds is 7. The zero-order valence-corrected chi connectivity index (χ0v) is 19.2. The Bertz CT molecular complexity index is 918. The number of benzene rings is 2. The van der Waals surface area contributed by atoms with Crippen LogP contribution < -0.4 is 25.0 Å². The third-order valence-electron chi connectivity index (χ3n) is 5.99. The second-order valence-corrected chi connectivity index (χ2v) is 8.68. The molecule has 32 heavy (non-hydrogen) atoms. The van der Waals surface area contributed by atoms with Crippen LogP contribution in [0.2, 0.25) is 5.02 Å². The van der Waals surface area contributed by atoms with Gasteiger partial charge in [-0.05, 0) is 61.3 Å². The molecule has 0 spiro atoms. The molecule has 2 aromatic carbocycles. The van der Waals surface area contributed by atoms with E-state index in [1.165, 1.54) is 5.69 Å². The highest BCUT2D eigenvalue weighted by molar-refractivity contribution is 6.30. The van der Waals surface area contributed by atoms with Gasteiger partial charge in [-0.15, -0.1) is 0 Å². The molecule has 172 valence electrons. The van der Waals surface area contributed by atoms with Crippen molar-refractivity contribution in [3.8, 4) is 11.5 Å². The van der Waals surface area contributed by atoms with Crippen LogP contribution in [0.3, 0.4) is 0 Å². The van der Waals surface area contributed by atoms with E-state index < -0.39 is 0 Å². The largest absolute Gasteiger partial charge is 0.497 e. The van der Waals surface area contributed by atoms with E-state index in [0.717, 1.165) is 67.7 Å². The normalized spacial score (nSPS) is 18.4. The molecule has 0 unspecified atom stereocenters. The summed E-state index contributed by atoms with van der Waals surface area (Å²) in [6, 6.07) is 13.6. The Morgan fingerprint density at radius 1 is 1.19 bits per heavy atom. The Labute approximate surface area is 194 Å². The third-order valence-corrected chi connectivity index (χ3v) is 6.23. The maximum Gasteiger partial charge on any atom is 0.315 e. The lowest BCUT2D eigenvalue weighted by Crippen LogP contribution is -2.48. The van der Waals surface area contributed by atoms with E-state index in [2.05, 4.69) is 26.5 Å². The van der Waals surface area contributed by atoms with Gasteiger partial charge in [0.15, 0.2) is 0 Å². The minimum atomic E-state index is -0.143. The van der Waals surface area contributed by atoms with Crippen LogP contribution in [0.25, 0.3) is 0 Å². The second kappa shape index (κ2) is 10.8. The van der Waals surface area contributed by atoms with Crippen LogP contribution in [0.1, 0.15) is 12.0 Å². The van der Waals surface area contributed by atoms with Gasteiger partial charge >= 0.3 is 6.03 Å². The molecule has 7 nitrogen and oxygen atoms in total. The summed E-state index contributed by atoms with van der Waals surface area (Å²) in [6.07, 6.45) is 1.66. The smallest absolute Gasteiger partial charge is 0.315 e. The summed E-state index contributed by atoms with van der Waals surface area (Å²) in [5.74, 6) is 1.66. The third kappa shape index (κ3) is 5.99. The number of carbonyl (C=O) groups is 1. The van der Waals surface area contributed by atoms with Crippen molar-refractivity contribution < 1.29 is 14.3 Å². The average molecular weight is 459 g/mol. The van der Waals surface area contributed by atoms with Gasteiger partial charge in [0.05, 0.1) is 13.2 Å².